The topological polar surface area (TPSA) is 57.4 Å². The fourth-order valence-corrected chi connectivity index (χ4v) is 1.99. The Bertz CT molecular complexity index is 559. The minimum atomic E-state index is -0.280. The van der Waals surface area contributed by atoms with Crippen LogP contribution in [0.4, 0.5) is 0 Å². The summed E-state index contributed by atoms with van der Waals surface area (Å²) in [5, 5.41) is 3.92. The highest BCUT2D eigenvalue weighted by atomic mass is 16.7. The van der Waals surface area contributed by atoms with E-state index in [1.54, 1.807) is 6.92 Å². The molecule has 0 radical (unpaired) electrons. The fourth-order valence-electron chi connectivity index (χ4n) is 1.99. The number of ether oxygens (including phenoxy) is 2. The number of aromatic nitrogens is 2. The van der Waals surface area contributed by atoms with Crippen LogP contribution in [0.1, 0.15) is 23.3 Å². The van der Waals surface area contributed by atoms with Gasteiger partial charge in [-0.2, -0.15) is 4.98 Å². The Morgan fingerprint density at radius 2 is 1.94 bits per heavy atom. The first-order chi connectivity index (χ1) is 8.74. The zero-order chi connectivity index (χ0) is 12.5. The second-order valence-corrected chi connectivity index (χ2v) is 4.28. The summed E-state index contributed by atoms with van der Waals surface area (Å²) in [5.74, 6) is 1.15. The molecular formula is C13H14N2O3. The second-order valence-electron chi connectivity index (χ2n) is 4.28. The van der Waals surface area contributed by atoms with Crippen molar-refractivity contribution in [1.29, 1.82) is 0 Å². The molecule has 1 fully saturated rings. The number of aryl methyl sites for hydroxylation is 2. The van der Waals surface area contributed by atoms with Gasteiger partial charge in [0.25, 0.3) is 0 Å². The van der Waals surface area contributed by atoms with Gasteiger partial charge in [0.15, 0.2) is 6.29 Å². The second kappa shape index (κ2) is 4.51. The predicted molar refractivity (Wildman–Crippen MR) is 63.9 cm³/mol. The van der Waals surface area contributed by atoms with Crippen LogP contribution in [0.15, 0.2) is 22.7 Å². The summed E-state index contributed by atoms with van der Waals surface area (Å²) in [4.78, 5) is 4.22. The van der Waals surface area contributed by atoms with Crippen LogP contribution in [0.3, 0.4) is 0 Å². The average Bonchev–Trinajstić information content (AvgIpc) is 3.01. The maximum Gasteiger partial charge on any atom is 0.223 e. The molecule has 1 aromatic carbocycles. The van der Waals surface area contributed by atoms with Gasteiger partial charge in [0.2, 0.25) is 11.7 Å². The van der Waals surface area contributed by atoms with E-state index in [1.165, 1.54) is 0 Å². The summed E-state index contributed by atoms with van der Waals surface area (Å²) in [7, 11) is 0. The lowest BCUT2D eigenvalue weighted by Gasteiger charge is -2.13. The Hall–Kier alpha value is -1.72. The standard InChI is InChI=1S/C13H14N2O3/c1-8-3-4-10(12-14-9(2)18-15-12)7-11(8)13-16-5-6-17-13/h3-4,7,13H,5-6H2,1-2H3. The summed E-state index contributed by atoms with van der Waals surface area (Å²) < 4.78 is 16.0. The van der Waals surface area contributed by atoms with Gasteiger partial charge in [-0.3, -0.25) is 0 Å². The molecule has 0 unspecified atom stereocenters. The summed E-state index contributed by atoms with van der Waals surface area (Å²) in [6.45, 7) is 5.08. The first-order valence-corrected chi connectivity index (χ1v) is 5.88. The molecular weight excluding hydrogens is 232 g/mol. The van der Waals surface area contributed by atoms with E-state index in [4.69, 9.17) is 14.0 Å². The summed E-state index contributed by atoms with van der Waals surface area (Å²) in [5.41, 5.74) is 3.06. The summed E-state index contributed by atoms with van der Waals surface area (Å²) in [6, 6.07) is 5.98. The van der Waals surface area contributed by atoms with Gasteiger partial charge in [0.1, 0.15) is 0 Å². The van der Waals surface area contributed by atoms with Crippen molar-refractivity contribution in [2.45, 2.75) is 20.1 Å². The molecule has 94 valence electrons. The van der Waals surface area contributed by atoms with Gasteiger partial charge in [-0.1, -0.05) is 17.3 Å². The average molecular weight is 246 g/mol. The number of rotatable bonds is 2. The van der Waals surface area contributed by atoms with Gasteiger partial charge < -0.3 is 14.0 Å². The van der Waals surface area contributed by atoms with E-state index in [0.29, 0.717) is 24.9 Å². The van der Waals surface area contributed by atoms with Crippen molar-refractivity contribution < 1.29 is 14.0 Å². The minimum absolute atomic E-state index is 0.280. The van der Waals surface area contributed by atoms with Crippen molar-refractivity contribution in [3.63, 3.8) is 0 Å². The first kappa shape index (κ1) is 11.4. The van der Waals surface area contributed by atoms with Crippen molar-refractivity contribution >= 4 is 0 Å². The highest BCUT2D eigenvalue weighted by Gasteiger charge is 2.21. The smallest absolute Gasteiger partial charge is 0.223 e. The zero-order valence-corrected chi connectivity index (χ0v) is 10.3. The molecule has 0 amide bonds. The Morgan fingerprint density at radius 3 is 2.61 bits per heavy atom. The van der Waals surface area contributed by atoms with E-state index in [2.05, 4.69) is 10.1 Å². The van der Waals surface area contributed by atoms with E-state index in [1.807, 2.05) is 25.1 Å². The van der Waals surface area contributed by atoms with Crippen LogP contribution in [-0.4, -0.2) is 23.4 Å². The van der Waals surface area contributed by atoms with Crippen LogP contribution in [0, 0.1) is 13.8 Å². The van der Waals surface area contributed by atoms with Crippen molar-refractivity contribution in [1.82, 2.24) is 10.1 Å². The lowest BCUT2D eigenvalue weighted by Crippen LogP contribution is -2.01. The Morgan fingerprint density at radius 1 is 1.17 bits per heavy atom. The number of benzene rings is 1. The highest BCUT2D eigenvalue weighted by Crippen LogP contribution is 2.29. The maximum atomic E-state index is 5.53. The molecule has 1 saturated heterocycles. The van der Waals surface area contributed by atoms with Crippen molar-refractivity contribution in [3.8, 4) is 11.4 Å². The van der Waals surface area contributed by atoms with Crippen molar-refractivity contribution in [2.75, 3.05) is 13.2 Å². The third-order valence-corrected chi connectivity index (χ3v) is 2.94. The van der Waals surface area contributed by atoms with Crippen molar-refractivity contribution in [2.24, 2.45) is 0 Å². The van der Waals surface area contributed by atoms with Gasteiger partial charge in [0.05, 0.1) is 13.2 Å². The third-order valence-electron chi connectivity index (χ3n) is 2.94. The predicted octanol–water partition coefficient (Wildman–Crippen LogP) is 2.40. The molecule has 18 heavy (non-hydrogen) atoms. The normalized spacial score (nSPS) is 16.3. The van der Waals surface area contributed by atoms with E-state index in [9.17, 15) is 0 Å². The van der Waals surface area contributed by atoms with E-state index < -0.39 is 0 Å². The molecule has 1 aromatic heterocycles. The number of hydrogen-bond acceptors (Lipinski definition) is 5. The largest absolute Gasteiger partial charge is 0.346 e. The summed E-state index contributed by atoms with van der Waals surface area (Å²) >= 11 is 0. The molecule has 0 atom stereocenters. The molecule has 0 spiro atoms. The lowest BCUT2D eigenvalue weighted by atomic mass is 10.0. The van der Waals surface area contributed by atoms with Gasteiger partial charge >= 0.3 is 0 Å². The van der Waals surface area contributed by atoms with E-state index in [0.717, 1.165) is 16.7 Å². The number of nitrogens with zero attached hydrogens (tertiary/aromatic N) is 2. The van der Waals surface area contributed by atoms with Gasteiger partial charge in [-0.05, 0) is 18.6 Å². The van der Waals surface area contributed by atoms with Crippen molar-refractivity contribution in [3.05, 3.63) is 35.2 Å². The van der Waals surface area contributed by atoms with E-state index >= 15 is 0 Å². The first-order valence-electron chi connectivity index (χ1n) is 5.88. The van der Waals surface area contributed by atoms with E-state index in [-0.39, 0.29) is 6.29 Å². The van der Waals surface area contributed by atoms with Gasteiger partial charge in [0, 0.05) is 18.1 Å². The maximum absolute atomic E-state index is 5.53. The zero-order valence-electron chi connectivity index (χ0n) is 10.3. The van der Waals surface area contributed by atoms with Crippen LogP contribution in [0.25, 0.3) is 11.4 Å². The van der Waals surface area contributed by atoms with Crippen LogP contribution >= 0.6 is 0 Å². The highest BCUT2D eigenvalue weighted by molar-refractivity contribution is 5.57. The SMILES string of the molecule is Cc1nc(-c2ccc(C)c(C3OCCO3)c2)no1. The molecule has 2 heterocycles. The van der Waals surface area contributed by atoms with Crippen LogP contribution < -0.4 is 0 Å². The van der Waals surface area contributed by atoms with Gasteiger partial charge in [-0.15, -0.1) is 0 Å². The molecule has 0 bridgehead atoms. The Balaban J connectivity index is 1.99. The van der Waals surface area contributed by atoms with Crippen LogP contribution in [-0.2, 0) is 9.47 Å². The molecule has 5 heteroatoms. The summed E-state index contributed by atoms with van der Waals surface area (Å²) in [6.07, 6.45) is -0.280. The lowest BCUT2D eigenvalue weighted by molar-refractivity contribution is -0.0445. The molecule has 0 N–H and O–H groups in total. The van der Waals surface area contributed by atoms with Crippen LogP contribution in [0.2, 0.25) is 0 Å². The monoisotopic (exact) mass is 246 g/mol. The third kappa shape index (κ3) is 2.02. The Kier molecular flexibility index (Phi) is 2.85. The molecule has 2 aromatic rings. The van der Waals surface area contributed by atoms with Gasteiger partial charge in [-0.25, -0.2) is 0 Å². The molecule has 5 nitrogen and oxygen atoms in total. The number of hydrogen-bond donors (Lipinski definition) is 0. The quantitative estimate of drug-likeness (QED) is 0.814. The molecule has 0 saturated carbocycles. The van der Waals surface area contributed by atoms with Crippen LogP contribution in [0.5, 0.6) is 0 Å². The minimum Gasteiger partial charge on any atom is -0.346 e. The fraction of sp³-hybridized carbons (Fsp3) is 0.385. The Labute approximate surface area is 105 Å². The molecule has 1 aliphatic rings. The molecule has 3 rings (SSSR count). The molecule has 1 aliphatic heterocycles. The molecule has 0 aliphatic carbocycles.